The zero-order valence-corrected chi connectivity index (χ0v) is 12.2. The maximum atomic E-state index is 3.81. The first-order valence-electron chi connectivity index (χ1n) is 7.73. The molecule has 1 aromatic rings. The monoisotopic (exact) mass is 258 g/mol. The second-order valence-electron chi connectivity index (χ2n) is 6.53. The van der Waals surface area contributed by atoms with Crippen molar-refractivity contribution >= 4 is 0 Å². The van der Waals surface area contributed by atoms with Gasteiger partial charge in [-0.15, -0.1) is 0 Å². The summed E-state index contributed by atoms with van der Waals surface area (Å²) in [6, 6.07) is 11.5. The highest BCUT2D eigenvalue weighted by atomic mass is 15.2. The molecule has 2 heteroatoms. The molecule has 1 aromatic carbocycles. The number of hydrogen-bond acceptors (Lipinski definition) is 2. The zero-order chi connectivity index (χ0) is 13.3. The summed E-state index contributed by atoms with van der Waals surface area (Å²) < 4.78 is 0. The number of nitrogens with zero attached hydrogens (tertiary/aromatic N) is 1. The molecule has 2 unspecified atom stereocenters. The van der Waals surface area contributed by atoms with Crippen LogP contribution in [0, 0.1) is 5.92 Å². The van der Waals surface area contributed by atoms with Gasteiger partial charge in [0, 0.05) is 24.7 Å². The zero-order valence-electron chi connectivity index (χ0n) is 12.2. The fraction of sp³-hybridized carbons (Fsp3) is 0.647. The van der Waals surface area contributed by atoms with Crippen LogP contribution in [0.1, 0.15) is 44.7 Å². The number of nitrogens with one attached hydrogen (secondary N) is 1. The Morgan fingerprint density at radius 2 is 2.00 bits per heavy atom. The van der Waals surface area contributed by atoms with E-state index in [1.807, 2.05) is 0 Å². The van der Waals surface area contributed by atoms with E-state index < -0.39 is 0 Å². The Balaban J connectivity index is 1.75. The van der Waals surface area contributed by atoms with Crippen molar-refractivity contribution < 1.29 is 0 Å². The molecule has 1 aliphatic heterocycles. The first-order chi connectivity index (χ1) is 9.19. The molecule has 0 radical (unpaired) electrons. The molecular formula is C17H26N2. The summed E-state index contributed by atoms with van der Waals surface area (Å²) in [5, 5.41) is 3.81. The molecule has 0 bridgehead atoms. The Bertz CT molecular complexity index is 413. The van der Waals surface area contributed by atoms with Crippen molar-refractivity contribution in [1.82, 2.24) is 10.2 Å². The Hall–Kier alpha value is -0.860. The topological polar surface area (TPSA) is 15.3 Å². The maximum Gasteiger partial charge on any atom is 0.0320 e. The van der Waals surface area contributed by atoms with Gasteiger partial charge >= 0.3 is 0 Å². The van der Waals surface area contributed by atoms with E-state index >= 15 is 0 Å². The van der Waals surface area contributed by atoms with Gasteiger partial charge in [-0.1, -0.05) is 30.3 Å². The minimum Gasteiger partial charge on any atom is -0.310 e. The minimum atomic E-state index is 0.333. The van der Waals surface area contributed by atoms with E-state index in [0.29, 0.717) is 11.6 Å². The second kappa shape index (κ2) is 5.26. The minimum absolute atomic E-state index is 0.333. The van der Waals surface area contributed by atoms with Crippen LogP contribution in [0.25, 0.3) is 0 Å². The summed E-state index contributed by atoms with van der Waals surface area (Å²) in [6.45, 7) is 8.36. The van der Waals surface area contributed by atoms with E-state index in [-0.39, 0.29) is 0 Å². The highest BCUT2D eigenvalue weighted by Crippen LogP contribution is 2.41. The van der Waals surface area contributed by atoms with Crippen LogP contribution in [-0.4, -0.2) is 30.1 Å². The van der Waals surface area contributed by atoms with Crippen LogP contribution in [0.15, 0.2) is 30.3 Å². The van der Waals surface area contributed by atoms with Crippen LogP contribution in [0.3, 0.4) is 0 Å². The summed E-state index contributed by atoms with van der Waals surface area (Å²) in [7, 11) is 0. The molecule has 2 aliphatic rings. The van der Waals surface area contributed by atoms with Crippen molar-refractivity contribution in [1.29, 1.82) is 0 Å². The third-order valence-corrected chi connectivity index (χ3v) is 4.99. The molecule has 0 amide bonds. The Labute approximate surface area is 117 Å². The lowest BCUT2D eigenvalue weighted by molar-refractivity contribution is 0.160. The van der Waals surface area contributed by atoms with Gasteiger partial charge in [-0.2, -0.15) is 0 Å². The van der Waals surface area contributed by atoms with Crippen LogP contribution >= 0.6 is 0 Å². The van der Waals surface area contributed by atoms with E-state index in [4.69, 9.17) is 0 Å². The van der Waals surface area contributed by atoms with Gasteiger partial charge in [-0.3, -0.25) is 4.90 Å². The van der Waals surface area contributed by atoms with E-state index in [0.717, 1.165) is 5.92 Å². The molecular weight excluding hydrogens is 232 g/mol. The summed E-state index contributed by atoms with van der Waals surface area (Å²) in [5.41, 5.74) is 1.78. The first kappa shape index (κ1) is 13.1. The third kappa shape index (κ3) is 2.85. The van der Waals surface area contributed by atoms with Crippen LogP contribution in [0.5, 0.6) is 0 Å². The summed E-state index contributed by atoms with van der Waals surface area (Å²) in [6.07, 6.45) is 4.09. The van der Waals surface area contributed by atoms with Crippen LogP contribution in [-0.2, 0) is 0 Å². The molecule has 0 aromatic heterocycles. The number of hydrogen-bond donors (Lipinski definition) is 1. The van der Waals surface area contributed by atoms with E-state index in [9.17, 15) is 0 Å². The average molecular weight is 258 g/mol. The normalized spacial score (nSPS) is 30.8. The average Bonchev–Trinajstić information content (AvgIpc) is 3.26. The largest absolute Gasteiger partial charge is 0.310 e. The van der Waals surface area contributed by atoms with Crippen molar-refractivity contribution in [3.63, 3.8) is 0 Å². The Morgan fingerprint density at radius 1 is 1.26 bits per heavy atom. The Morgan fingerprint density at radius 3 is 2.68 bits per heavy atom. The molecule has 19 heavy (non-hydrogen) atoms. The van der Waals surface area contributed by atoms with Gasteiger partial charge < -0.3 is 5.32 Å². The lowest BCUT2D eigenvalue weighted by Crippen LogP contribution is -2.51. The quantitative estimate of drug-likeness (QED) is 0.895. The predicted octanol–water partition coefficient (Wildman–Crippen LogP) is 3.21. The fourth-order valence-corrected chi connectivity index (χ4v) is 3.48. The lowest BCUT2D eigenvalue weighted by atomic mass is 9.94. The molecule has 1 N–H and O–H groups in total. The summed E-state index contributed by atoms with van der Waals surface area (Å²) in [5.74, 6) is 0.899. The molecule has 104 valence electrons. The summed E-state index contributed by atoms with van der Waals surface area (Å²) >= 11 is 0. The van der Waals surface area contributed by atoms with Crippen molar-refractivity contribution in [2.24, 2.45) is 5.92 Å². The lowest BCUT2D eigenvalue weighted by Gasteiger charge is -2.37. The molecule has 2 atom stereocenters. The van der Waals surface area contributed by atoms with E-state index in [2.05, 4.69) is 54.4 Å². The molecule has 1 saturated carbocycles. The van der Waals surface area contributed by atoms with E-state index in [1.165, 1.54) is 44.5 Å². The van der Waals surface area contributed by atoms with Gasteiger partial charge in [0.25, 0.3) is 0 Å². The molecule has 3 rings (SSSR count). The molecule has 1 saturated heterocycles. The highest BCUT2D eigenvalue weighted by Gasteiger charge is 2.43. The van der Waals surface area contributed by atoms with Gasteiger partial charge in [0.05, 0.1) is 0 Å². The van der Waals surface area contributed by atoms with Crippen molar-refractivity contribution in [2.75, 3.05) is 19.6 Å². The van der Waals surface area contributed by atoms with Gasteiger partial charge in [-0.25, -0.2) is 0 Å². The summed E-state index contributed by atoms with van der Waals surface area (Å²) in [4.78, 5) is 2.67. The van der Waals surface area contributed by atoms with Gasteiger partial charge in [0.1, 0.15) is 0 Å². The van der Waals surface area contributed by atoms with Crippen molar-refractivity contribution in [3.8, 4) is 0 Å². The molecule has 2 nitrogen and oxygen atoms in total. The van der Waals surface area contributed by atoms with Gasteiger partial charge in [0.15, 0.2) is 0 Å². The SMILES string of the molecule is CC(c1ccccc1)N1CCCNC(C)(C2CC2)C1. The highest BCUT2D eigenvalue weighted by molar-refractivity contribution is 5.19. The molecule has 1 heterocycles. The van der Waals surface area contributed by atoms with Crippen molar-refractivity contribution in [3.05, 3.63) is 35.9 Å². The van der Waals surface area contributed by atoms with Crippen molar-refractivity contribution in [2.45, 2.75) is 44.7 Å². The number of rotatable bonds is 3. The molecule has 2 fully saturated rings. The standard InChI is InChI=1S/C17H26N2/c1-14(15-7-4-3-5-8-15)19-12-6-11-18-17(2,13-19)16-9-10-16/h3-5,7-8,14,16,18H,6,9-13H2,1-2H3. The number of benzene rings is 1. The fourth-order valence-electron chi connectivity index (χ4n) is 3.48. The van der Waals surface area contributed by atoms with Gasteiger partial charge in [-0.05, 0) is 51.1 Å². The first-order valence-corrected chi connectivity index (χ1v) is 7.73. The second-order valence-corrected chi connectivity index (χ2v) is 6.53. The van der Waals surface area contributed by atoms with Gasteiger partial charge in [0.2, 0.25) is 0 Å². The molecule has 1 aliphatic carbocycles. The smallest absolute Gasteiger partial charge is 0.0320 e. The van der Waals surface area contributed by atoms with Crippen LogP contribution in [0.4, 0.5) is 0 Å². The van der Waals surface area contributed by atoms with Crippen LogP contribution < -0.4 is 5.32 Å². The van der Waals surface area contributed by atoms with E-state index in [1.54, 1.807) is 0 Å². The predicted molar refractivity (Wildman–Crippen MR) is 80.2 cm³/mol. The molecule has 0 spiro atoms. The van der Waals surface area contributed by atoms with Crippen LogP contribution in [0.2, 0.25) is 0 Å². The third-order valence-electron chi connectivity index (χ3n) is 4.99. The maximum absolute atomic E-state index is 3.81. The Kier molecular flexibility index (Phi) is 3.64.